The Hall–Kier alpha value is -2.33. The molecule has 0 saturated heterocycles. The molecule has 1 aliphatic carbocycles. The molecular weight excluding hydrogens is 420 g/mol. The molecule has 1 aliphatic rings. The largest absolute Gasteiger partial charge is 0.352 e. The van der Waals surface area contributed by atoms with Crippen molar-refractivity contribution in [3.05, 3.63) is 69.7 Å². The van der Waals surface area contributed by atoms with E-state index in [2.05, 4.69) is 25.2 Å². The van der Waals surface area contributed by atoms with Crippen molar-refractivity contribution < 1.29 is 9.59 Å². The predicted molar refractivity (Wildman–Crippen MR) is 131 cm³/mol. The summed E-state index contributed by atoms with van der Waals surface area (Å²) < 4.78 is 0. The third-order valence-electron chi connectivity index (χ3n) is 6.56. The second-order valence-corrected chi connectivity index (χ2v) is 9.38. The van der Waals surface area contributed by atoms with E-state index in [4.69, 9.17) is 11.6 Å². The van der Waals surface area contributed by atoms with Crippen molar-refractivity contribution in [1.29, 1.82) is 0 Å². The van der Waals surface area contributed by atoms with Gasteiger partial charge in [-0.3, -0.25) is 9.59 Å². The van der Waals surface area contributed by atoms with E-state index in [-0.39, 0.29) is 24.3 Å². The standard InChI is InChI=1S/C27H35ClN2O2/c1-4-25(27(32)29-23-11-6-5-7-12-23)30(18-22-10-8-9-13-24(22)28)26(31)17-21-15-14-19(2)20(3)16-21/h8-10,13-16,23,25H,4-7,11-12,17-18H2,1-3H3,(H,29,32). The lowest BCUT2D eigenvalue weighted by Gasteiger charge is -2.33. The molecule has 0 heterocycles. The molecule has 1 atom stereocenters. The molecule has 1 fully saturated rings. The van der Waals surface area contributed by atoms with Gasteiger partial charge in [0.15, 0.2) is 0 Å². The van der Waals surface area contributed by atoms with Crippen LogP contribution in [0.2, 0.25) is 5.02 Å². The first-order valence-corrected chi connectivity index (χ1v) is 12.2. The lowest BCUT2D eigenvalue weighted by atomic mass is 9.95. The van der Waals surface area contributed by atoms with Crippen LogP contribution in [0, 0.1) is 13.8 Å². The number of aryl methyl sites for hydroxylation is 2. The highest BCUT2D eigenvalue weighted by Crippen LogP contribution is 2.22. The second kappa shape index (κ2) is 11.5. The molecule has 0 bridgehead atoms. The Morgan fingerprint density at radius 3 is 2.44 bits per heavy atom. The lowest BCUT2D eigenvalue weighted by Crippen LogP contribution is -2.52. The Morgan fingerprint density at radius 2 is 1.78 bits per heavy atom. The lowest BCUT2D eigenvalue weighted by molar-refractivity contribution is -0.141. The van der Waals surface area contributed by atoms with Gasteiger partial charge < -0.3 is 10.2 Å². The molecule has 3 rings (SSSR count). The van der Waals surface area contributed by atoms with Crippen LogP contribution in [0.25, 0.3) is 0 Å². The molecule has 2 aromatic carbocycles. The predicted octanol–water partition coefficient (Wildman–Crippen LogP) is 5.76. The summed E-state index contributed by atoms with van der Waals surface area (Å²) in [4.78, 5) is 28.5. The average molecular weight is 455 g/mol. The minimum absolute atomic E-state index is 0.0557. The highest BCUT2D eigenvalue weighted by atomic mass is 35.5. The molecular formula is C27H35ClN2O2. The monoisotopic (exact) mass is 454 g/mol. The number of hydrogen-bond acceptors (Lipinski definition) is 2. The van der Waals surface area contributed by atoms with Gasteiger partial charge in [0.1, 0.15) is 6.04 Å². The number of halogens is 1. The molecule has 0 radical (unpaired) electrons. The van der Waals surface area contributed by atoms with E-state index in [1.807, 2.05) is 43.3 Å². The summed E-state index contributed by atoms with van der Waals surface area (Å²) in [6, 6.07) is 13.3. The zero-order valence-electron chi connectivity index (χ0n) is 19.5. The first-order chi connectivity index (χ1) is 15.4. The molecule has 0 spiro atoms. The van der Waals surface area contributed by atoms with Gasteiger partial charge >= 0.3 is 0 Å². The summed E-state index contributed by atoms with van der Waals surface area (Å²) in [5.74, 6) is -0.112. The molecule has 1 saturated carbocycles. The van der Waals surface area contributed by atoms with Gasteiger partial charge in [-0.2, -0.15) is 0 Å². The fraction of sp³-hybridized carbons (Fsp3) is 0.481. The maximum absolute atomic E-state index is 13.5. The van der Waals surface area contributed by atoms with Gasteiger partial charge in [0.05, 0.1) is 6.42 Å². The molecule has 2 aromatic rings. The summed E-state index contributed by atoms with van der Waals surface area (Å²) in [7, 11) is 0. The van der Waals surface area contributed by atoms with Crippen LogP contribution < -0.4 is 5.32 Å². The molecule has 1 unspecified atom stereocenters. The molecule has 1 N–H and O–H groups in total. The van der Waals surface area contributed by atoms with Crippen LogP contribution >= 0.6 is 11.6 Å². The van der Waals surface area contributed by atoms with Gasteiger partial charge in [0.2, 0.25) is 11.8 Å². The highest BCUT2D eigenvalue weighted by molar-refractivity contribution is 6.31. The smallest absolute Gasteiger partial charge is 0.243 e. The van der Waals surface area contributed by atoms with Crippen LogP contribution in [0.15, 0.2) is 42.5 Å². The quantitative estimate of drug-likeness (QED) is 0.551. The first-order valence-electron chi connectivity index (χ1n) is 11.8. The highest BCUT2D eigenvalue weighted by Gasteiger charge is 2.30. The van der Waals surface area contributed by atoms with E-state index >= 15 is 0 Å². The van der Waals surface area contributed by atoms with Crippen LogP contribution in [0.1, 0.15) is 67.7 Å². The third kappa shape index (κ3) is 6.35. The number of benzene rings is 2. The summed E-state index contributed by atoms with van der Waals surface area (Å²) in [5, 5.41) is 3.83. The second-order valence-electron chi connectivity index (χ2n) is 8.98. The molecule has 0 aromatic heterocycles. The van der Waals surface area contributed by atoms with E-state index < -0.39 is 6.04 Å². The molecule has 4 nitrogen and oxygen atoms in total. The normalized spacial score (nSPS) is 15.2. The van der Waals surface area contributed by atoms with Crippen molar-refractivity contribution >= 4 is 23.4 Å². The Kier molecular flexibility index (Phi) is 8.75. The third-order valence-corrected chi connectivity index (χ3v) is 6.93. The fourth-order valence-corrected chi connectivity index (χ4v) is 4.66. The van der Waals surface area contributed by atoms with E-state index in [0.717, 1.165) is 42.4 Å². The van der Waals surface area contributed by atoms with Crippen molar-refractivity contribution in [3.8, 4) is 0 Å². The van der Waals surface area contributed by atoms with Crippen molar-refractivity contribution in [2.75, 3.05) is 0 Å². The minimum atomic E-state index is -0.521. The topological polar surface area (TPSA) is 49.4 Å². The van der Waals surface area contributed by atoms with E-state index in [1.54, 1.807) is 4.90 Å². The Morgan fingerprint density at radius 1 is 1.06 bits per heavy atom. The Labute approximate surface area is 197 Å². The number of amides is 2. The van der Waals surface area contributed by atoms with Crippen molar-refractivity contribution in [1.82, 2.24) is 10.2 Å². The van der Waals surface area contributed by atoms with Gasteiger partial charge in [-0.1, -0.05) is 74.2 Å². The van der Waals surface area contributed by atoms with Gasteiger partial charge in [-0.05, 0) is 61.4 Å². The van der Waals surface area contributed by atoms with Crippen molar-refractivity contribution in [2.24, 2.45) is 0 Å². The van der Waals surface area contributed by atoms with Gasteiger partial charge in [-0.15, -0.1) is 0 Å². The maximum Gasteiger partial charge on any atom is 0.243 e. The molecule has 32 heavy (non-hydrogen) atoms. The van der Waals surface area contributed by atoms with Gasteiger partial charge in [0.25, 0.3) is 0 Å². The number of hydrogen-bond donors (Lipinski definition) is 1. The van der Waals surface area contributed by atoms with E-state index in [9.17, 15) is 9.59 Å². The Bertz CT molecular complexity index is 937. The summed E-state index contributed by atoms with van der Waals surface area (Å²) >= 11 is 6.42. The fourth-order valence-electron chi connectivity index (χ4n) is 4.46. The summed E-state index contributed by atoms with van der Waals surface area (Å²) in [6.45, 7) is 6.40. The summed E-state index contributed by atoms with van der Waals surface area (Å²) in [6.07, 6.45) is 6.39. The number of nitrogens with zero attached hydrogens (tertiary/aromatic N) is 1. The van der Waals surface area contributed by atoms with Crippen LogP contribution in [0.4, 0.5) is 0 Å². The molecule has 0 aliphatic heterocycles. The maximum atomic E-state index is 13.5. The van der Waals surface area contributed by atoms with E-state index in [0.29, 0.717) is 18.0 Å². The zero-order chi connectivity index (χ0) is 23.1. The van der Waals surface area contributed by atoms with Crippen molar-refractivity contribution in [3.63, 3.8) is 0 Å². The van der Waals surface area contributed by atoms with Gasteiger partial charge in [-0.25, -0.2) is 0 Å². The van der Waals surface area contributed by atoms with Crippen LogP contribution in [0.3, 0.4) is 0 Å². The van der Waals surface area contributed by atoms with Crippen LogP contribution in [0.5, 0.6) is 0 Å². The number of carbonyl (C=O) groups excluding carboxylic acids is 2. The van der Waals surface area contributed by atoms with E-state index in [1.165, 1.54) is 12.0 Å². The van der Waals surface area contributed by atoms with Crippen LogP contribution in [-0.4, -0.2) is 28.8 Å². The Balaban J connectivity index is 1.83. The molecule has 5 heteroatoms. The molecule has 2 amide bonds. The first kappa shape index (κ1) is 24.3. The summed E-state index contributed by atoms with van der Waals surface area (Å²) in [5.41, 5.74) is 4.18. The number of nitrogens with one attached hydrogen (secondary N) is 1. The average Bonchev–Trinajstić information content (AvgIpc) is 2.78. The molecule has 172 valence electrons. The minimum Gasteiger partial charge on any atom is -0.352 e. The van der Waals surface area contributed by atoms with Gasteiger partial charge in [0, 0.05) is 17.6 Å². The zero-order valence-corrected chi connectivity index (χ0v) is 20.3. The van der Waals surface area contributed by atoms with Crippen LogP contribution in [-0.2, 0) is 22.6 Å². The SMILES string of the molecule is CCC(C(=O)NC1CCCCC1)N(Cc1ccccc1Cl)C(=O)Cc1ccc(C)c(C)c1. The number of rotatable bonds is 8. The van der Waals surface area contributed by atoms with Crippen molar-refractivity contribution in [2.45, 2.75) is 84.3 Å². The number of carbonyl (C=O) groups is 2.